The van der Waals surface area contributed by atoms with E-state index >= 15 is 0 Å². The first-order valence-corrected chi connectivity index (χ1v) is 8.42. The molecule has 1 aliphatic rings. The Kier molecular flexibility index (Phi) is 10.2. The molecule has 6 heteroatoms. The van der Waals surface area contributed by atoms with E-state index in [-0.39, 0.29) is 24.4 Å². The SMILES string of the molecule is CCOC[C@H]1O[C@H](OCC)[C@H](OCC)[C@@H](OCC)[C@@H]1OCC. The molecular formula is C16H32O6. The van der Waals surface area contributed by atoms with E-state index in [1.165, 1.54) is 0 Å². The van der Waals surface area contributed by atoms with Crippen molar-refractivity contribution in [1.82, 2.24) is 0 Å². The summed E-state index contributed by atoms with van der Waals surface area (Å²) in [5, 5.41) is 0. The van der Waals surface area contributed by atoms with Gasteiger partial charge in [0.05, 0.1) is 6.61 Å². The molecule has 0 amide bonds. The maximum atomic E-state index is 6.06. The van der Waals surface area contributed by atoms with Gasteiger partial charge in [0.15, 0.2) is 6.29 Å². The van der Waals surface area contributed by atoms with Crippen LogP contribution in [0.1, 0.15) is 34.6 Å². The predicted octanol–water partition coefficient (Wildman–Crippen LogP) is 2.00. The van der Waals surface area contributed by atoms with E-state index in [0.717, 1.165) is 0 Å². The number of rotatable bonds is 11. The average Bonchev–Trinajstić information content (AvgIpc) is 2.51. The molecule has 6 nitrogen and oxygen atoms in total. The molecule has 0 radical (unpaired) electrons. The zero-order chi connectivity index (χ0) is 16.4. The van der Waals surface area contributed by atoms with Crippen molar-refractivity contribution in [3.05, 3.63) is 0 Å². The Morgan fingerprint density at radius 3 is 1.73 bits per heavy atom. The van der Waals surface area contributed by atoms with Crippen LogP contribution in [0.3, 0.4) is 0 Å². The highest BCUT2D eigenvalue weighted by Gasteiger charge is 2.48. The Balaban J connectivity index is 2.94. The Morgan fingerprint density at radius 2 is 1.18 bits per heavy atom. The monoisotopic (exact) mass is 320 g/mol. The molecule has 0 aliphatic carbocycles. The van der Waals surface area contributed by atoms with Crippen LogP contribution in [0, 0.1) is 0 Å². The van der Waals surface area contributed by atoms with E-state index in [1.807, 2.05) is 34.6 Å². The second kappa shape index (κ2) is 11.3. The van der Waals surface area contributed by atoms with Gasteiger partial charge in [0, 0.05) is 33.0 Å². The number of ether oxygens (including phenoxy) is 6. The van der Waals surface area contributed by atoms with Crippen LogP contribution < -0.4 is 0 Å². The summed E-state index contributed by atoms with van der Waals surface area (Å²) >= 11 is 0. The van der Waals surface area contributed by atoms with Crippen LogP contribution in [0.4, 0.5) is 0 Å². The van der Waals surface area contributed by atoms with Crippen molar-refractivity contribution < 1.29 is 28.4 Å². The maximum absolute atomic E-state index is 6.06. The Bertz CT molecular complexity index is 275. The van der Waals surface area contributed by atoms with Crippen molar-refractivity contribution in [3.8, 4) is 0 Å². The Labute approximate surface area is 134 Å². The van der Waals surface area contributed by atoms with Crippen molar-refractivity contribution in [2.45, 2.75) is 65.3 Å². The highest BCUT2D eigenvalue weighted by Crippen LogP contribution is 2.29. The number of hydrogen-bond donors (Lipinski definition) is 0. The van der Waals surface area contributed by atoms with Gasteiger partial charge in [-0.25, -0.2) is 0 Å². The predicted molar refractivity (Wildman–Crippen MR) is 83.0 cm³/mol. The van der Waals surface area contributed by atoms with Gasteiger partial charge in [-0.2, -0.15) is 0 Å². The zero-order valence-corrected chi connectivity index (χ0v) is 14.6. The Morgan fingerprint density at radius 1 is 0.636 bits per heavy atom. The molecule has 1 heterocycles. The third-order valence-corrected chi connectivity index (χ3v) is 3.49. The van der Waals surface area contributed by atoms with Crippen LogP contribution in [0.15, 0.2) is 0 Å². The molecule has 0 unspecified atom stereocenters. The molecule has 1 saturated heterocycles. The van der Waals surface area contributed by atoms with Gasteiger partial charge < -0.3 is 28.4 Å². The van der Waals surface area contributed by atoms with Gasteiger partial charge >= 0.3 is 0 Å². The van der Waals surface area contributed by atoms with Crippen molar-refractivity contribution >= 4 is 0 Å². The van der Waals surface area contributed by atoms with Crippen LogP contribution in [0.25, 0.3) is 0 Å². The van der Waals surface area contributed by atoms with Crippen LogP contribution in [-0.2, 0) is 28.4 Å². The molecule has 1 fully saturated rings. The summed E-state index contributed by atoms with van der Waals surface area (Å²) in [5.74, 6) is 0. The second-order valence-corrected chi connectivity index (χ2v) is 4.92. The molecule has 1 rings (SSSR count). The molecule has 0 N–H and O–H groups in total. The molecule has 1 aliphatic heterocycles. The molecule has 22 heavy (non-hydrogen) atoms. The fourth-order valence-corrected chi connectivity index (χ4v) is 2.69. The summed E-state index contributed by atoms with van der Waals surface area (Å²) in [7, 11) is 0. The van der Waals surface area contributed by atoms with Crippen molar-refractivity contribution in [2.24, 2.45) is 0 Å². The first-order valence-electron chi connectivity index (χ1n) is 8.42. The molecule has 0 saturated carbocycles. The minimum Gasteiger partial charge on any atom is -0.379 e. The van der Waals surface area contributed by atoms with Gasteiger partial charge in [-0.05, 0) is 34.6 Å². The van der Waals surface area contributed by atoms with Crippen LogP contribution in [0.5, 0.6) is 0 Å². The lowest BCUT2D eigenvalue weighted by atomic mass is 9.98. The third-order valence-electron chi connectivity index (χ3n) is 3.49. The van der Waals surface area contributed by atoms with Gasteiger partial charge in [0.1, 0.15) is 24.4 Å². The zero-order valence-electron chi connectivity index (χ0n) is 14.6. The standard InChI is InChI=1S/C16H32O6/c1-6-17-11-12-13(18-7-2)14(19-8-3)15(20-9-4)16(22-12)21-10-5/h12-16H,6-11H2,1-5H3/t12-,13-,14+,15-,16+/m1/s1. The summed E-state index contributed by atoms with van der Waals surface area (Å²) in [6, 6.07) is 0. The lowest BCUT2D eigenvalue weighted by Gasteiger charge is -2.45. The third kappa shape index (κ3) is 5.44. The molecule has 0 spiro atoms. The first-order chi connectivity index (χ1) is 10.7. The topological polar surface area (TPSA) is 55.4 Å². The highest BCUT2D eigenvalue weighted by molar-refractivity contribution is 4.92. The van der Waals surface area contributed by atoms with Gasteiger partial charge in [0.25, 0.3) is 0 Å². The van der Waals surface area contributed by atoms with Gasteiger partial charge in [-0.15, -0.1) is 0 Å². The molecule has 132 valence electrons. The van der Waals surface area contributed by atoms with Crippen molar-refractivity contribution in [3.63, 3.8) is 0 Å². The quantitative estimate of drug-likeness (QED) is 0.580. The minimum absolute atomic E-state index is 0.232. The normalized spacial score (nSPS) is 32.3. The molecule has 5 atom stereocenters. The van der Waals surface area contributed by atoms with Gasteiger partial charge in [0.2, 0.25) is 0 Å². The van der Waals surface area contributed by atoms with E-state index in [1.54, 1.807) is 0 Å². The smallest absolute Gasteiger partial charge is 0.186 e. The van der Waals surface area contributed by atoms with E-state index in [0.29, 0.717) is 39.6 Å². The molecule has 0 aromatic carbocycles. The molecular weight excluding hydrogens is 288 g/mol. The van der Waals surface area contributed by atoms with Crippen LogP contribution in [-0.4, -0.2) is 70.3 Å². The summed E-state index contributed by atoms with van der Waals surface area (Å²) in [6.45, 7) is 13.1. The molecule has 0 bridgehead atoms. The summed E-state index contributed by atoms with van der Waals surface area (Å²) < 4.78 is 35.0. The van der Waals surface area contributed by atoms with Gasteiger partial charge in [-0.3, -0.25) is 0 Å². The summed E-state index contributed by atoms with van der Waals surface area (Å²) in [6.07, 6.45) is -1.47. The van der Waals surface area contributed by atoms with Crippen molar-refractivity contribution in [2.75, 3.05) is 39.6 Å². The van der Waals surface area contributed by atoms with E-state index < -0.39 is 6.29 Å². The summed E-state index contributed by atoms with van der Waals surface area (Å²) in [4.78, 5) is 0. The first kappa shape index (κ1) is 19.8. The summed E-state index contributed by atoms with van der Waals surface area (Å²) in [5.41, 5.74) is 0. The van der Waals surface area contributed by atoms with E-state index in [4.69, 9.17) is 28.4 Å². The van der Waals surface area contributed by atoms with Crippen molar-refractivity contribution in [1.29, 1.82) is 0 Å². The maximum Gasteiger partial charge on any atom is 0.186 e. The lowest BCUT2D eigenvalue weighted by Crippen LogP contribution is -2.62. The van der Waals surface area contributed by atoms with E-state index in [9.17, 15) is 0 Å². The molecule has 0 aromatic rings. The fraction of sp³-hybridized carbons (Fsp3) is 1.00. The lowest BCUT2D eigenvalue weighted by molar-refractivity contribution is -0.321. The van der Waals surface area contributed by atoms with Crippen LogP contribution >= 0.6 is 0 Å². The second-order valence-electron chi connectivity index (χ2n) is 4.92. The fourth-order valence-electron chi connectivity index (χ4n) is 2.69. The van der Waals surface area contributed by atoms with Crippen LogP contribution in [0.2, 0.25) is 0 Å². The van der Waals surface area contributed by atoms with E-state index in [2.05, 4.69) is 0 Å². The largest absolute Gasteiger partial charge is 0.379 e. The number of hydrogen-bond acceptors (Lipinski definition) is 6. The average molecular weight is 320 g/mol. The highest BCUT2D eigenvalue weighted by atomic mass is 16.7. The minimum atomic E-state index is -0.469. The van der Waals surface area contributed by atoms with Gasteiger partial charge in [-0.1, -0.05) is 0 Å². The molecule has 0 aromatic heterocycles. The Hall–Kier alpha value is -0.240.